The molecule has 2 heterocycles. The Bertz CT molecular complexity index is 795. The van der Waals surface area contributed by atoms with Crippen LogP contribution < -0.4 is 10.2 Å². The van der Waals surface area contributed by atoms with Crippen LogP contribution in [0, 0.1) is 17.8 Å². The Kier molecular flexibility index (Phi) is 4.04. The number of aliphatic hydroxyl groups is 1. The Morgan fingerprint density at radius 1 is 1.23 bits per heavy atom. The zero-order valence-corrected chi connectivity index (χ0v) is 15.0. The van der Waals surface area contributed by atoms with Crippen molar-refractivity contribution in [3.63, 3.8) is 0 Å². The van der Waals surface area contributed by atoms with Crippen molar-refractivity contribution in [2.24, 2.45) is 17.8 Å². The number of fused-ring (bicyclic) bond motifs is 3. The molecule has 3 aliphatic rings. The molecule has 4 unspecified atom stereocenters. The molecule has 0 radical (unpaired) electrons. The van der Waals surface area contributed by atoms with E-state index in [2.05, 4.69) is 50.5 Å². The number of aromatic nitrogens is 2. The van der Waals surface area contributed by atoms with Gasteiger partial charge in [0.25, 0.3) is 0 Å². The summed E-state index contributed by atoms with van der Waals surface area (Å²) in [6.07, 6.45) is 5.11. The predicted molar refractivity (Wildman–Crippen MR) is 102 cm³/mol. The number of aliphatic hydroxyl groups excluding tert-OH is 1. The second-order valence-corrected chi connectivity index (χ2v) is 8.04. The van der Waals surface area contributed by atoms with Crippen LogP contribution in [-0.2, 0) is 6.42 Å². The molecule has 1 aliphatic heterocycles. The van der Waals surface area contributed by atoms with Crippen LogP contribution in [0.4, 0.5) is 11.6 Å². The highest BCUT2D eigenvalue weighted by Gasteiger charge is 2.54. The summed E-state index contributed by atoms with van der Waals surface area (Å²) in [6, 6.07) is 11.0. The Labute approximate surface area is 154 Å². The van der Waals surface area contributed by atoms with Crippen molar-refractivity contribution in [2.75, 3.05) is 36.5 Å². The first-order valence-electron chi connectivity index (χ1n) is 9.83. The molecule has 1 aromatic heterocycles. The third-order valence-corrected chi connectivity index (χ3v) is 6.47. The van der Waals surface area contributed by atoms with Crippen LogP contribution >= 0.6 is 0 Å². The molecular formula is C21H26N4O. The van der Waals surface area contributed by atoms with E-state index in [-0.39, 0.29) is 6.61 Å². The van der Waals surface area contributed by atoms with Gasteiger partial charge in [0.15, 0.2) is 0 Å². The molecule has 0 spiro atoms. The molecule has 5 heteroatoms. The average molecular weight is 350 g/mol. The fraction of sp³-hybridized carbons (Fsp3) is 0.524. The Morgan fingerprint density at radius 2 is 2.15 bits per heavy atom. The van der Waals surface area contributed by atoms with Gasteiger partial charge in [0.05, 0.1) is 0 Å². The smallest absolute Gasteiger partial charge is 0.134 e. The van der Waals surface area contributed by atoms with Crippen LogP contribution in [0.2, 0.25) is 0 Å². The van der Waals surface area contributed by atoms with Gasteiger partial charge in [0.2, 0.25) is 0 Å². The van der Waals surface area contributed by atoms with Gasteiger partial charge in [-0.1, -0.05) is 24.3 Å². The van der Waals surface area contributed by atoms with Gasteiger partial charge in [0, 0.05) is 32.3 Å². The molecule has 4 atom stereocenters. The SMILES string of the molecule is OCC1CCCN(c2cc(NCC3C4Cc5ccccc5C34)ncn2)C1. The number of rotatable bonds is 5. The van der Waals surface area contributed by atoms with Crippen molar-refractivity contribution in [2.45, 2.75) is 25.2 Å². The van der Waals surface area contributed by atoms with Gasteiger partial charge < -0.3 is 15.3 Å². The van der Waals surface area contributed by atoms with E-state index in [0.29, 0.717) is 5.92 Å². The maximum Gasteiger partial charge on any atom is 0.134 e. The number of piperidine rings is 1. The Balaban J connectivity index is 1.21. The summed E-state index contributed by atoms with van der Waals surface area (Å²) < 4.78 is 0. The number of benzene rings is 1. The van der Waals surface area contributed by atoms with Crippen molar-refractivity contribution in [3.05, 3.63) is 47.8 Å². The third-order valence-electron chi connectivity index (χ3n) is 6.47. The molecule has 2 fully saturated rings. The maximum absolute atomic E-state index is 9.44. The molecule has 2 aliphatic carbocycles. The topological polar surface area (TPSA) is 61.3 Å². The van der Waals surface area contributed by atoms with Crippen LogP contribution in [0.25, 0.3) is 0 Å². The second-order valence-electron chi connectivity index (χ2n) is 8.04. The lowest BCUT2D eigenvalue weighted by molar-refractivity contribution is 0.208. The van der Waals surface area contributed by atoms with E-state index < -0.39 is 0 Å². The molecule has 2 N–H and O–H groups in total. The summed E-state index contributed by atoms with van der Waals surface area (Å²) in [5.41, 5.74) is 3.11. The monoisotopic (exact) mass is 350 g/mol. The van der Waals surface area contributed by atoms with Crippen LogP contribution in [0.5, 0.6) is 0 Å². The highest BCUT2D eigenvalue weighted by molar-refractivity contribution is 5.50. The largest absolute Gasteiger partial charge is 0.396 e. The quantitative estimate of drug-likeness (QED) is 0.868. The minimum absolute atomic E-state index is 0.263. The van der Waals surface area contributed by atoms with Crippen LogP contribution in [0.15, 0.2) is 36.7 Å². The highest BCUT2D eigenvalue weighted by atomic mass is 16.3. The first-order chi connectivity index (χ1) is 12.8. The van der Waals surface area contributed by atoms with Crippen LogP contribution in [-0.4, -0.2) is 41.3 Å². The number of nitrogens with zero attached hydrogens (tertiary/aromatic N) is 3. The van der Waals surface area contributed by atoms with E-state index in [1.54, 1.807) is 17.5 Å². The first kappa shape index (κ1) is 16.1. The Morgan fingerprint density at radius 3 is 3.08 bits per heavy atom. The molecule has 0 bridgehead atoms. The van der Waals surface area contributed by atoms with Gasteiger partial charge in [-0.15, -0.1) is 0 Å². The number of hydrogen-bond acceptors (Lipinski definition) is 5. The van der Waals surface area contributed by atoms with Gasteiger partial charge in [-0.05, 0) is 54.1 Å². The molecule has 1 saturated heterocycles. The van der Waals surface area contributed by atoms with E-state index in [1.807, 2.05) is 0 Å². The van der Waals surface area contributed by atoms with Gasteiger partial charge >= 0.3 is 0 Å². The van der Waals surface area contributed by atoms with Crippen LogP contribution in [0.1, 0.15) is 29.9 Å². The van der Waals surface area contributed by atoms with E-state index in [0.717, 1.165) is 61.9 Å². The van der Waals surface area contributed by atoms with Crippen molar-refractivity contribution >= 4 is 11.6 Å². The fourth-order valence-electron chi connectivity index (χ4n) is 5.02. The molecule has 5 nitrogen and oxygen atoms in total. The number of nitrogens with one attached hydrogen (secondary N) is 1. The highest BCUT2D eigenvalue weighted by Crippen LogP contribution is 2.61. The maximum atomic E-state index is 9.44. The molecule has 1 saturated carbocycles. The van der Waals surface area contributed by atoms with Crippen LogP contribution in [0.3, 0.4) is 0 Å². The van der Waals surface area contributed by atoms with Gasteiger partial charge in [0.1, 0.15) is 18.0 Å². The molecule has 2 aromatic rings. The third kappa shape index (κ3) is 2.84. The molecule has 5 rings (SSSR count). The molecule has 0 amide bonds. The minimum atomic E-state index is 0.263. The lowest BCUT2D eigenvalue weighted by atomic mass is 9.99. The lowest BCUT2D eigenvalue weighted by Gasteiger charge is -2.32. The summed E-state index contributed by atoms with van der Waals surface area (Å²) in [5, 5.41) is 13.0. The van der Waals surface area contributed by atoms with E-state index in [4.69, 9.17) is 0 Å². The van der Waals surface area contributed by atoms with Crippen molar-refractivity contribution in [1.82, 2.24) is 9.97 Å². The zero-order chi connectivity index (χ0) is 17.5. The minimum Gasteiger partial charge on any atom is -0.396 e. The first-order valence-corrected chi connectivity index (χ1v) is 9.83. The zero-order valence-electron chi connectivity index (χ0n) is 15.0. The molecular weight excluding hydrogens is 324 g/mol. The summed E-state index contributed by atoms with van der Waals surface area (Å²) in [4.78, 5) is 11.1. The molecule has 136 valence electrons. The van der Waals surface area contributed by atoms with E-state index >= 15 is 0 Å². The Hall–Kier alpha value is -2.14. The summed E-state index contributed by atoms with van der Waals surface area (Å²) in [6.45, 7) is 3.14. The van der Waals surface area contributed by atoms with Gasteiger partial charge in [-0.25, -0.2) is 9.97 Å². The van der Waals surface area contributed by atoms with Crippen molar-refractivity contribution < 1.29 is 5.11 Å². The normalized spacial score (nSPS) is 29.2. The van der Waals surface area contributed by atoms with E-state index in [1.165, 1.54) is 6.42 Å². The fourth-order valence-corrected chi connectivity index (χ4v) is 5.02. The molecule has 26 heavy (non-hydrogen) atoms. The van der Waals surface area contributed by atoms with Gasteiger partial charge in [-0.2, -0.15) is 0 Å². The summed E-state index contributed by atoms with van der Waals surface area (Å²) >= 11 is 0. The summed E-state index contributed by atoms with van der Waals surface area (Å²) in [7, 11) is 0. The number of hydrogen-bond donors (Lipinski definition) is 2. The van der Waals surface area contributed by atoms with Crippen molar-refractivity contribution in [1.29, 1.82) is 0 Å². The lowest BCUT2D eigenvalue weighted by Crippen LogP contribution is -2.37. The molecule has 1 aromatic carbocycles. The average Bonchev–Trinajstić information content (AvgIpc) is 3.24. The van der Waals surface area contributed by atoms with Gasteiger partial charge in [-0.3, -0.25) is 0 Å². The van der Waals surface area contributed by atoms with E-state index in [9.17, 15) is 5.11 Å². The predicted octanol–water partition coefficient (Wildman–Crippen LogP) is 2.68. The second kappa shape index (κ2) is 6.54. The summed E-state index contributed by atoms with van der Waals surface area (Å²) in [5.74, 6) is 4.54. The van der Waals surface area contributed by atoms with Crippen molar-refractivity contribution in [3.8, 4) is 0 Å². The number of anilines is 2. The standard InChI is InChI=1S/C21H26N4O/c26-12-14-4-3-7-25(11-14)20-9-19(23-13-24-20)22-10-18-17-8-15-5-1-2-6-16(15)21(17)18/h1-2,5-6,9,13-14,17-18,21,26H,3-4,7-8,10-12H2,(H,22,23,24).